The summed E-state index contributed by atoms with van der Waals surface area (Å²) in [4.78, 5) is 34.4. The van der Waals surface area contributed by atoms with Crippen molar-refractivity contribution >= 4 is 29.6 Å². The summed E-state index contributed by atoms with van der Waals surface area (Å²) in [5.74, 6) is 1.37. The lowest BCUT2D eigenvalue weighted by Gasteiger charge is -2.48. The van der Waals surface area contributed by atoms with E-state index in [-0.39, 0.29) is 23.5 Å². The number of hydrogen-bond donors (Lipinski definition) is 2. The number of carbonyl (C=O) groups is 1. The fraction of sp³-hybridized carbons (Fsp3) is 0.643. The van der Waals surface area contributed by atoms with Gasteiger partial charge in [0.2, 0.25) is 5.96 Å². The van der Waals surface area contributed by atoms with Crippen LogP contribution in [0.3, 0.4) is 0 Å². The van der Waals surface area contributed by atoms with Gasteiger partial charge in [0.25, 0.3) is 5.91 Å². The van der Waals surface area contributed by atoms with Crippen LogP contribution in [0, 0.1) is 5.92 Å². The highest BCUT2D eigenvalue weighted by atomic mass is 16.2. The lowest BCUT2D eigenvalue weighted by atomic mass is 9.91. The summed E-state index contributed by atoms with van der Waals surface area (Å²) in [6, 6.07) is 4.93. The topological polar surface area (TPSA) is 88.5 Å². The fourth-order valence-corrected chi connectivity index (χ4v) is 7.43. The third-order valence-corrected chi connectivity index (χ3v) is 9.42. The van der Waals surface area contributed by atoms with E-state index < -0.39 is 0 Å². The average molecular weight is 503 g/mol. The maximum atomic E-state index is 12.6. The molecule has 2 N–H and O–H groups in total. The Morgan fingerprint density at radius 2 is 1.81 bits per heavy atom. The van der Waals surface area contributed by atoms with Crippen molar-refractivity contribution in [2.75, 3.05) is 42.9 Å². The highest BCUT2D eigenvalue weighted by Gasteiger charge is 2.53. The molecule has 2 atom stereocenters. The van der Waals surface area contributed by atoms with E-state index in [4.69, 9.17) is 9.98 Å². The van der Waals surface area contributed by atoms with E-state index in [9.17, 15) is 4.79 Å². The Bertz CT molecular complexity index is 1110. The van der Waals surface area contributed by atoms with Crippen LogP contribution in [0.4, 0.5) is 11.5 Å². The minimum atomic E-state index is -0.111. The molecule has 196 valence electrons. The number of rotatable bonds is 3. The van der Waals surface area contributed by atoms with Gasteiger partial charge in [-0.2, -0.15) is 0 Å². The summed E-state index contributed by atoms with van der Waals surface area (Å²) in [5, 5.41) is 6.45. The second kappa shape index (κ2) is 9.42. The summed E-state index contributed by atoms with van der Waals surface area (Å²) < 4.78 is 0. The molecule has 1 spiro atoms. The van der Waals surface area contributed by atoms with Crippen LogP contribution in [0.25, 0.3) is 0 Å². The molecule has 1 aliphatic carbocycles. The molecule has 6 heterocycles. The average Bonchev–Trinajstić information content (AvgIpc) is 3.58. The molecule has 6 aliphatic rings. The van der Waals surface area contributed by atoms with Crippen LogP contribution in [-0.2, 0) is 4.79 Å². The molecule has 7 rings (SSSR count). The largest absolute Gasteiger partial charge is 0.370 e. The third kappa shape index (κ3) is 4.21. The molecular formula is C28H38N8O. The van der Waals surface area contributed by atoms with Crippen molar-refractivity contribution < 1.29 is 4.79 Å². The molecule has 9 heteroatoms. The number of amides is 1. The lowest BCUT2D eigenvalue weighted by Crippen LogP contribution is -2.62. The first-order valence-corrected chi connectivity index (χ1v) is 14.3. The summed E-state index contributed by atoms with van der Waals surface area (Å²) in [6.07, 6.45) is 17.0. The number of nitrogens with one attached hydrogen (secondary N) is 2. The number of hydrogen-bond acceptors (Lipinski definition) is 8. The summed E-state index contributed by atoms with van der Waals surface area (Å²) >= 11 is 0. The van der Waals surface area contributed by atoms with Crippen molar-refractivity contribution in [1.82, 2.24) is 20.1 Å². The first kappa shape index (κ1) is 23.2. The van der Waals surface area contributed by atoms with Gasteiger partial charge < -0.3 is 25.3 Å². The molecule has 37 heavy (non-hydrogen) atoms. The van der Waals surface area contributed by atoms with E-state index in [0.29, 0.717) is 12.5 Å². The summed E-state index contributed by atoms with van der Waals surface area (Å²) in [6.45, 7) is 5.46. The number of likely N-dealkylation sites (tertiary alicyclic amines) is 1. The van der Waals surface area contributed by atoms with Gasteiger partial charge in [-0.3, -0.25) is 4.79 Å². The summed E-state index contributed by atoms with van der Waals surface area (Å²) in [7, 11) is 0. The fourth-order valence-electron chi connectivity index (χ4n) is 7.43. The van der Waals surface area contributed by atoms with Crippen LogP contribution in [0.1, 0.15) is 57.8 Å². The van der Waals surface area contributed by atoms with Gasteiger partial charge in [0.05, 0.1) is 23.3 Å². The van der Waals surface area contributed by atoms with E-state index >= 15 is 0 Å². The minimum Gasteiger partial charge on any atom is -0.370 e. The molecule has 3 saturated heterocycles. The zero-order valence-electron chi connectivity index (χ0n) is 21.6. The number of piperidine rings is 2. The molecule has 5 aliphatic heterocycles. The first-order valence-electron chi connectivity index (χ1n) is 14.3. The molecule has 0 aromatic carbocycles. The number of anilines is 2. The van der Waals surface area contributed by atoms with Crippen molar-refractivity contribution in [3.8, 4) is 0 Å². The van der Waals surface area contributed by atoms with Gasteiger partial charge in [-0.15, -0.1) is 0 Å². The standard InChI is InChI=1S/C28H38N8O/c37-26-23-16-20-17-30-27(33-25(20)36(23)28(19-31-26)10-2-3-11-28)32-24-7-6-22(18-29-24)35-14-8-21(9-15-35)34-12-4-1-5-13-34/h6-7,16-18,20-21,25H,1-5,8-15,19H2,(H,31,37)(H,29,32,33). The molecule has 0 bridgehead atoms. The first-order chi connectivity index (χ1) is 18.2. The van der Waals surface area contributed by atoms with Gasteiger partial charge >= 0.3 is 0 Å². The molecule has 4 fully saturated rings. The second-order valence-electron chi connectivity index (χ2n) is 11.6. The number of fused-ring (bicyclic) bond motifs is 4. The second-order valence-corrected chi connectivity index (χ2v) is 11.6. The van der Waals surface area contributed by atoms with Crippen LogP contribution in [0.15, 0.2) is 40.1 Å². The monoisotopic (exact) mass is 502 g/mol. The molecule has 9 nitrogen and oxygen atoms in total. The van der Waals surface area contributed by atoms with Gasteiger partial charge in [-0.1, -0.05) is 19.3 Å². The van der Waals surface area contributed by atoms with Crippen molar-refractivity contribution in [3.63, 3.8) is 0 Å². The molecule has 1 amide bonds. The molecular weight excluding hydrogens is 464 g/mol. The van der Waals surface area contributed by atoms with Crippen LogP contribution in [0.2, 0.25) is 0 Å². The van der Waals surface area contributed by atoms with Gasteiger partial charge in [-0.25, -0.2) is 15.0 Å². The van der Waals surface area contributed by atoms with Crippen molar-refractivity contribution in [2.24, 2.45) is 15.9 Å². The van der Waals surface area contributed by atoms with Crippen molar-refractivity contribution in [2.45, 2.75) is 75.5 Å². The number of pyridine rings is 1. The highest BCUT2D eigenvalue weighted by molar-refractivity contribution is 6.01. The predicted molar refractivity (Wildman–Crippen MR) is 146 cm³/mol. The van der Waals surface area contributed by atoms with Crippen LogP contribution < -0.4 is 15.5 Å². The van der Waals surface area contributed by atoms with Crippen LogP contribution >= 0.6 is 0 Å². The maximum absolute atomic E-state index is 12.6. The van der Waals surface area contributed by atoms with E-state index in [1.807, 2.05) is 24.6 Å². The van der Waals surface area contributed by atoms with E-state index in [1.54, 1.807) is 0 Å². The minimum absolute atomic E-state index is 0.0136. The van der Waals surface area contributed by atoms with E-state index in [0.717, 1.165) is 43.5 Å². The van der Waals surface area contributed by atoms with Crippen LogP contribution in [0.5, 0.6) is 0 Å². The number of nitrogens with zero attached hydrogens (tertiary/aromatic N) is 6. The van der Waals surface area contributed by atoms with Crippen LogP contribution in [-0.4, -0.2) is 83.3 Å². The predicted octanol–water partition coefficient (Wildman–Crippen LogP) is 2.97. The Balaban J connectivity index is 1.01. The summed E-state index contributed by atoms with van der Waals surface area (Å²) in [5.41, 5.74) is 1.94. The Labute approximate surface area is 219 Å². The van der Waals surface area contributed by atoms with Crippen molar-refractivity contribution in [1.29, 1.82) is 0 Å². The SMILES string of the molecule is O=C1NCC2(CCCC2)N2C1=CC1C=NC(Nc3ccc(N4CCC(N5CCCCC5)CC4)cn3)=NC12. The van der Waals surface area contributed by atoms with E-state index in [1.165, 1.54) is 63.7 Å². The molecule has 1 aromatic heterocycles. The quantitative estimate of drug-likeness (QED) is 0.661. The molecule has 2 unspecified atom stereocenters. The number of carbonyl (C=O) groups excluding carboxylic acids is 1. The molecule has 0 radical (unpaired) electrons. The number of aliphatic imine (C=N–C) groups is 2. The van der Waals surface area contributed by atoms with Gasteiger partial charge in [-0.05, 0) is 69.8 Å². The van der Waals surface area contributed by atoms with Crippen molar-refractivity contribution in [3.05, 3.63) is 30.1 Å². The van der Waals surface area contributed by atoms with Gasteiger partial charge in [0.15, 0.2) is 0 Å². The third-order valence-electron chi connectivity index (χ3n) is 9.42. The number of guanidine groups is 1. The van der Waals surface area contributed by atoms with E-state index in [2.05, 4.69) is 36.4 Å². The Morgan fingerprint density at radius 1 is 1.00 bits per heavy atom. The molecule has 1 saturated carbocycles. The number of aromatic nitrogens is 1. The van der Waals surface area contributed by atoms with Gasteiger partial charge in [0, 0.05) is 31.9 Å². The zero-order valence-corrected chi connectivity index (χ0v) is 21.6. The smallest absolute Gasteiger partial charge is 0.267 e. The normalized spacial score (nSPS) is 29.6. The maximum Gasteiger partial charge on any atom is 0.267 e. The lowest BCUT2D eigenvalue weighted by molar-refractivity contribution is -0.123. The Hall–Kier alpha value is -2.94. The Kier molecular flexibility index (Phi) is 5.91. The zero-order chi connectivity index (χ0) is 24.8. The molecule has 1 aromatic rings. The number of piperazine rings is 1. The Morgan fingerprint density at radius 3 is 2.57 bits per heavy atom. The van der Waals surface area contributed by atoms with Gasteiger partial charge in [0.1, 0.15) is 17.7 Å². The highest BCUT2D eigenvalue weighted by Crippen LogP contribution is 2.45.